The maximum absolute atomic E-state index is 5.67. The summed E-state index contributed by atoms with van der Waals surface area (Å²) in [6, 6.07) is 5.45. The summed E-state index contributed by atoms with van der Waals surface area (Å²) in [4.78, 5) is 8.21. The van der Waals surface area contributed by atoms with Crippen molar-refractivity contribution in [3.63, 3.8) is 0 Å². The van der Waals surface area contributed by atoms with Crippen molar-refractivity contribution in [2.24, 2.45) is 0 Å². The van der Waals surface area contributed by atoms with Gasteiger partial charge in [0.05, 0.1) is 17.5 Å². The van der Waals surface area contributed by atoms with Crippen LogP contribution in [0.3, 0.4) is 0 Å². The zero-order valence-corrected chi connectivity index (χ0v) is 9.01. The molecule has 0 radical (unpaired) electrons. The number of rotatable bonds is 4. The molecule has 0 spiro atoms. The van der Waals surface area contributed by atoms with Gasteiger partial charge in [-0.15, -0.1) is 0 Å². The number of methoxy groups -OCH3 is 1. The van der Waals surface area contributed by atoms with E-state index in [1.807, 2.05) is 6.07 Å². The molecule has 5 nitrogen and oxygen atoms in total. The molecule has 0 aliphatic rings. The number of benzene rings is 1. The summed E-state index contributed by atoms with van der Waals surface area (Å²) < 4.78 is 10.4. The Bertz CT molecular complexity index is 488. The highest BCUT2D eigenvalue weighted by Crippen LogP contribution is 2.22. The first-order valence-electron chi connectivity index (χ1n) is 4.93. The van der Waals surface area contributed by atoms with Crippen molar-refractivity contribution in [2.75, 3.05) is 26.1 Å². The van der Waals surface area contributed by atoms with Gasteiger partial charge in [-0.3, -0.25) is 0 Å². The second kappa shape index (κ2) is 4.76. The minimum Gasteiger partial charge on any atom is -0.475 e. The fourth-order valence-electron chi connectivity index (χ4n) is 1.39. The van der Waals surface area contributed by atoms with Gasteiger partial charge in [-0.05, 0) is 18.2 Å². The number of aromatic nitrogens is 2. The Morgan fingerprint density at radius 3 is 2.94 bits per heavy atom. The molecule has 0 amide bonds. The SMILES string of the molecule is COCCOc1ncnc2cc(N)ccc12. The molecule has 2 aromatic rings. The van der Waals surface area contributed by atoms with Crippen LogP contribution < -0.4 is 10.5 Å². The lowest BCUT2D eigenvalue weighted by Gasteiger charge is -2.07. The summed E-state index contributed by atoms with van der Waals surface area (Å²) in [5.41, 5.74) is 7.13. The van der Waals surface area contributed by atoms with Gasteiger partial charge in [0.25, 0.3) is 0 Å². The van der Waals surface area contributed by atoms with E-state index in [0.717, 1.165) is 10.9 Å². The lowest BCUT2D eigenvalue weighted by atomic mass is 10.2. The Balaban J connectivity index is 2.30. The van der Waals surface area contributed by atoms with Crippen molar-refractivity contribution >= 4 is 16.6 Å². The minimum atomic E-state index is 0.465. The highest BCUT2D eigenvalue weighted by Gasteiger charge is 2.04. The Morgan fingerprint density at radius 1 is 1.25 bits per heavy atom. The van der Waals surface area contributed by atoms with Crippen molar-refractivity contribution in [2.45, 2.75) is 0 Å². The van der Waals surface area contributed by atoms with E-state index in [0.29, 0.717) is 24.8 Å². The molecule has 0 saturated carbocycles. The first-order chi connectivity index (χ1) is 7.81. The molecule has 0 saturated heterocycles. The highest BCUT2D eigenvalue weighted by molar-refractivity contribution is 5.85. The lowest BCUT2D eigenvalue weighted by Crippen LogP contribution is -2.06. The summed E-state index contributed by atoms with van der Waals surface area (Å²) >= 11 is 0. The summed E-state index contributed by atoms with van der Waals surface area (Å²) in [6.45, 7) is 0.994. The van der Waals surface area contributed by atoms with Crippen LogP contribution in [0, 0.1) is 0 Å². The van der Waals surface area contributed by atoms with E-state index in [-0.39, 0.29) is 0 Å². The average molecular weight is 219 g/mol. The fraction of sp³-hybridized carbons (Fsp3) is 0.273. The number of nitrogen functional groups attached to an aromatic ring is 1. The second-order valence-electron chi connectivity index (χ2n) is 3.30. The van der Waals surface area contributed by atoms with Gasteiger partial charge in [0.15, 0.2) is 0 Å². The molecule has 5 heteroatoms. The summed E-state index contributed by atoms with van der Waals surface area (Å²) in [5, 5.41) is 0.854. The van der Waals surface area contributed by atoms with E-state index in [1.165, 1.54) is 6.33 Å². The lowest BCUT2D eigenvalue weighted by molar-refractivity contribution is 0.144. The molecule has 2 rings (SSSR count). The first kappa shape index (κ1) is 10.6. The van der Waals surface area contributed by atoms with Crippen LogP contribution in [-0.4, -0.2) is 30.3 Å². The van der Waals surface area contributed by atoms with Gasteiger partial charge in [0.2, 0.25) is 5.88 Å². The van der Waals surface area contributed by atoms with E-state index in [4.69, 9.17) is 15.2 Å². The number of fused-ring (bicyclic) bond motifs is 1. The van der Waals surface area contributed by atoms with Crippen molar-refractivity contribution in [3.8, 4) is 5.88 Å². The maximum atomic E-state index is 5.67. The molecule has 0 atom stereocenters. The van der Waals surface area contributed by atoms with Crippen molar-refractivity contribution in [1.29, 1.82) is 0 Å². The standard InChI is InChI=1S/C11H13N3O2/c1-15-4-5-16-11-9-3-2-8(12)6-10(9)13-7-14-11/h2-3,6-7H,4-5,12H2,1H3. The third-order valence-electron chi connectivity index (χ3n) is 2.15. The van der Waals surface area contributed by atoms with Crippen molar-refractivity contribution in [3.05, 3.63) is 24.5 Å². The van der Waals surface area contributed by atoms with Crippen LogP contribution in [0.1, 0.15) is 0 Å². The number of anilines is 1. The average Bonchev–Trinajstić information content (AvgIpc) is 2.29. The van der Waals surface area contributed by atoms with E-state index < -0.39 is 0 Å². The summed E-state index contributed by atoms with van der Waals surface area (Å²) in [7, 11) is 1.63. The smallest absolute Gasteiger partial charge is 0.224 e. The number of nitrogens with zero attached hydrogens (tertiary/aromatic N) is 2. The predicted molar refractivity (Wildman–Crippen MR) is 61.3 cm³/mol. The van der Waals surface area contributed by atoms with Crippen LogP contribution >= 0.6 is 0 Å². The zero-order valence-electron chi connectivity index (χ0n) is 9.01. The topological polar surface area (TPSA) is 70.3 Å². The van der Waals surface area contributed by atoms with Crippen LogP contribution in [0.25, 0.3) is 10.9 Å². The molecule has 0 unspecified atom stereocenters. The molecule has 0 aliphatic carbocycles. The van der Waals surface area contributed by atoms with Crippen molar-refractivity contribution < 1.29 is 9.47 Å². The van der Waals surface area contributed by atoms with Crippen LogP contribution in [0.5, 0.6) is 5.88 Å². The largest absolute Gasteiger partial charge is 0.475 e. The van der Waals surface area contributed by atoms with Gasteiger partial charge in [0, 0.05) is 12.8 Å². The molecule has 0 fully saturated rings. The molecular formula is C11H13N3O2. The van der Waals surface area contributed by atoms with E-state index in [1.54, 1.807) is 19.2 Å². The number of ether oxygens (including phenoxy) is 2. The molecule has 1 aromatic carbocycles. The van der Waals surface area contributed by atoms with Crippen LogP contribution in [0.15, 0.2) is 24.5 Å². The molecule has 2 N–H and O–H groups in total. The number of hydrogen-bond donors (Lipinski definition) is 1. The summed E-state index contributed by atoms with van der Waals surface area (Å²) in [5.74, 6) is 0.557. The Hall–Kier alpha value is -1.88. The molecule has 1 aromatic heterocycles. The Kier molecular flexibility index (Phi) is 3.16. The molecule has 0 bridgehead atoms. The van der Waals surface area contributed by atoms with Crippen LogP contribution in [0.2, 0.25) is 0 Å². The Labute approximate surface area is 93.2 Å². The van der Waals surface area contributed by atoms with Gasteiger partial charge in [0.1, 0.15) is 12.9 Å². The van der Waals surface area contributed by atoms with Gasteiger partial charge in [-0.2, -0.15) is 0 Å². The van der Waals surface area contributed by atoms with Gasteiger partial charge < -0.3 is 15.2 Å². The normalized spacial score (nSPS) is 10.6. The third-order valence-corrected chi connectivity index (χ3v) is 2.15. The monoisotopic (exact) mass is 219 g/mol. The molecule has 84 valence electrons. The first-order valence-corrected chi connectivity index (χ1v) is 4.93. The van der Waals surface area contributed by atoms with Gasteiger partial charge in [-0.25, -0.2) is 9.97 Å². The van der Waals surface area contributed by atoms with Gasteiger partial charge in [-0.1, -0.05) is 0 Å². The fourth-order valence-corrected chi connectivity index (χ4v) is 1.39. The zero-order chi connectivity index (χ0) is 11.4. The maximum Gasteiger partial charge on any atom is 0.224 e. The molecule has 1 heterocycles. The molecule has 16 heavy (non-hydrogen) atoms. The third kappa shape index (κ3) is 2.20. The van der Waals surface area contributed by atoms with E-state index >= 15 is 0 Å². The van der Waals surface area contributed by atoms with E-state index in [9.17, 15) is 0 Å². The van der Waals surface area contributed by atoms with Crippen molar-refractivity contribution in [1.82, 2.24) is 9.97 Å². The number of hydrogen-bond acceptors (Lipinski definition) is 5. The Morgan fingerprint density at radius 2 is 2.12 bits per heavy atom. The quantitative estimate of drug-likeness (QED) is 0.618. The van der Waals surface area contributed by atoms with Gasteiger partial charge >= 0.3 is 0 Å². The number of nitrogens with two attached hydrogens (primary N) is 1. The minimum absolute atomic E-state index is 0.465. The molecule has 0 aliphatic heterocycles. The molecular weight excluding hydrogens is 206 g/mol. The second-order valence-corrected chi connectivity index (χ2v) is 3.30. The van der Waals surface area contributed by atoms with E-state index in [2.05, 4.69) is 9.97 Å². The highest BCUT2D eigenvalue weighted by atomic mass is 16.5. The van der Waals surface area contributed by atoms with Crippen LogP contribution in [-0.2, 0) is 4.74 Å². The predicted octanol–water partition coefficient (Wildman–Crippen LogP) is 1.24. The van der Waals surface area contributed by atoms with Crippen LogP contribution in [0.4, 0.5) is 5.69 Å². The summed E-state index contributed by atoms with van der Waals surface area (Å²) in [6.07, 6.45) is 1.46.